The van der Waals surface area contributed by atoms with Gasteiger partial charge in [0.1, 0.15) is 5.71 Å². The van der Waals surface area contributed by atoms with Crippen molar-refractivity contribution >= 4 is 39.0 Å². The second kappa shape index (κ2) is 6.50. The summed E-state index contributed by atoms with van der Waals surface area (Å²) in [5, 5.41) is 17.7. The van der Waals surface area contributed by atoms with E-state index < -0.39 is 0 Å². The molecule has 4 rings (SSSR count). The van der Waals surface area contributed by atoms with Gasteiger partial charge >= 0.3 is 0 Å². The predicted octanol–water partition coefficient (Wildman–Crippen LogP) is 2.40. The first-order chi connectivity index (χ1) is 13.0. The summed E-state index contributed by atoms with van der Waals surface area (Å²) in [6.45, 7) is 0. The average Bonchev–Trinajstić information content (AvgIpc) is 3.16. The molecule has 0 fully saturated rings. The van der Waals surface area contributed by atoms with Gasteiger partial charge in [-0.3, -0.25) is 15.3 Å². The first kappa shape index (κ1) is 17.2. The molecule has 0 saturated heterocycles. The normalized spacial score (nSPS) is 14.4. The Morgan fingerprint density at radius 2 is 2.00 bits per heavy atom. The van der Waals surface area contributed by atoms with Gasteiger partial charge in [-0.05, 0) is 48.9 Å². The lowest BCUT2D eigenvalue weighted by Gasteiger charge is -2.23. The molecule has 2 heterocycles. The third-order valence-corrected chi connectivity index (χ3v) is 5.20. The van der Waals surface area contributed by atoms with Crippen molar-refractivity contribution in [3.05, 3.63) is 41.4 Å². The summed E-state index contributed by atoms with van der Waals surface area (Å²) in [4.78, 5) is 18.6. The van der Waals surface area contributed by atoms with Gasteiger partial charge in [-0.1, -0.05) is 0 Å². The molecule has 0 bridgehead atoms. The third-order valence-electron chi connectivity index (χ3n) is 5.20. The molecule has 138 valence electrons. The molecule has 2 aromatic heterocycles. The number of fused-ring (bicyclic) bond motifs is 5. The third kappa shape index (κ3) is 2.66. The van der Waals surface area contributed by atoms with Crippen LogP contribution in [0.2, 0.25) is 0 Å². The van der Waals surface area contributed by atoms with E-state index in [0.717, 1.165) is 53.1 Å². The molecule has 0 aliphatic heterocycles. The minimum Gasteiger partial charge on any atom is -0.404 e. The molecule has 0 spiro atoms. The fraction of sp³-hybridized carbons (Fsp3) is 0.300. The van der Waals surface area contributed by atoms with Crippen LogP contribution in [0, 0.1) is 5.41 Å². The van der Waals surface area contributed by atoms with Crippen LogP contribution in [0.1, 0.15) is 29.7 Å². The number of aromatic amines is 1. The Bertz CT molecular complexity index is 1110. The van der Waals surface area contributed by atoms with Crippen molar-refractivity contribution in [2.24, 2.45) is 5.73 Å². The Balaban J connectivity index is 2.00. The fourth-order valence-corrected chi connectivity index (χ4v) is 3.89. The van der Waals surface area contributed by atoms with Gasteiger partial charge in [-0.2, -0.15) is 5.10 Å². The molecule has 4 N–H and O–H groups in total. The van der Waals surface area contributed by atoms with Crippen LogP contribution in [0.4, 0.5) is 0 Å². The Labute approximate surface area is 156 Å². The van der Waals surface area contributed by atoms with E-state index >= 15 is 0 Å². The predicted molar refractivity (Wildman–Crippen MR) is 107 cm³/mol. The van der Waals surface area contributed by atoms with Crippen LogP contribution >= 0.6 is 0 Å². The summed E-state index contributed by atoms with van der Waals surface area (Å²) in [6, 6.07) is 3.92. The van der Waals surface area contributed by atoms with Gasteiger partial charge < -0.3 is 10.6 Å². The molecule has 7 heteroatoms. The molecular formula is C20H22N6O. The summed E-state index contributed by atoms with van der Waals surface area (Å²) in [5.41, 5.74) is 10.9. The number of rotatable bonds is 3. The number of nitrogens with two attached hydrogens (primary N) is 1. The van der Waals surface area contributed by atoms with E-state index in [4.69, 9.17) is 16.1 Å². The Hall–Kier alpha value is -3.22. The molecule has 3 aromatic rings. The molecule has 0 atom stereocenters. The molecule has 1 aliphatic carbocycles. The van der Waals surface area contributed by atoms with Crippen molar-refractivity contribution in [3.63, 3.8) is 0 Å². The average molecular weight is 362 g/mol. The molecule has 0 saturated carbocycles. The summed E-state index contributed by atoms with van der Waals surface area (Å²) in [7, 11) is 3.26. The summed E-state index contributed by atoms with van der Waals surface area (Å²) >= 11 is 0. The van der Waals surface area contributed by atoms with Crippen LogP contribution < -0.4 is 5.73 Å². The van der Waals surface area contributed by atoms with Gasteiger partial charge in [0.25, 0.3) is 5.91 Å². The molecule has 27 heavy (non-hydrogen) atoms. The molecular weight excluding hydrogens is 340 g/mol. The SMILES string of the molecule is CN(C)C(=O)C(=N)/C(=C\N)c1nc2ccc3[nH]ncc3c2c2c1CCCC2. The van der Waals surface area contributed by atoms with E-state index in [9.17, 15) is 4.79 Å². The monoisotopic (exact) mass is 362 g/mol. The molecule has 0 unspecified atom stereocenters. The first-order valence-corrected chi connectivity index (χ1v) is 9.03. The van der Waals surface area contributed by atoms with E-state index in [0.29, 0.717) is 11.3 Å². The number of carbonyl (C=O) groups excluding carboxylic acids is 1. The van der Waals surface area contributed by atoms with Gasteiger partial charge in [0.2, 0.25) is 0 Å². The maximum absolute atomic E-state index is 12.4. The van der Waals surface area contributed by atoms with Gasteiger partial charge in [0, 0.05) is 36.6 Å². The van der Waals surface area contributed by atoms with Gasteiger partial charge in [-0.25, -0.2) is 4.98 Å². The van der Waals surface area contributed by atoms with Crippen LogP contribution in [0.25, 0.3) is 27.4 Å². The van der Waals surface area contributed by atoms with Gasteiger partial charge in [0.15, 0.2) is 0 Å². The minimum atomic E-state index is -0.386. The van der Waals surface area contributed by atoms with Crippen LogP contribution in [-0.4, -0.2) is 45.8 Å². The maximum Gasteiger partial charge on any atom is 0.271 e. The lowest BCUT2D eigenvalue weighted by molar-refractivity contribution is -0.121. The minimum absolute atomic E-state index is 0.133. The summed E-state index contributed by atoms with van der Waals surface area (Å²) < 4.78 is 0. The topological polar surface area (TPSA) is 112 Å². The number of aryl methyl sites for hydroxylation is 1. The highest BCUT2D eigenvalue weighted by Gasteiger charge is 2.26. The number of H-pyrrole nitrogens is 1. The van der Waals surface area contributed by atoms with Crippen molar-refractivity contribution in [2.45, 2.75) is 25.7 Å². The van der Waals surface area contributed by atoms with Crippen molar-refractivity contribution in [2.75, 3.05) is 14.1 Å². The van der Waals surface area contributed by atoms with Crippen molar-refractivity contribution in [3.8, 4) is 0 Å². The van der Waals surface area contributed by atoms with E-state index in [2.05, 4.69) is 10.2 Å². The van der Waals surface area contributed by atoms with Crippen LogP contribution in [0.3, 0.4) is 0 Å². The molecule has 7 nitrogen and oxygen atoms in total. The maximum atomic E-state index is 12.4. The van der Waals surface area contributed by atoms with Gasteiger partial charge in [0.05, 0.1) is 22.9 Å². The number of benzene rings is 1. The van der Waals surface area contributed by atoms with E-state index in [1.807, 2.05) is 18.3 Å². The lowest BCUT2D eigenvalue weighted by Crippen LogP contribution is -2.31. The number of aromatic nitrogens is 3. The van der Waals surface area contributed by atoms with E-state index in [1.54, 1.807) is 14.1 Å². The molecule has 1 amide bonds. The van der Waals surface area contributed by atoms with Crippen LogP contribution in [0.5, 0.6) is 0 Å². The Kier molecular flexibility index (Phi) is 4.14. The number of amides is 1. The number of pyridine rings is 1. The smallest absolute Gasteiger partial charge is 0.271 e. The quantitative estimate of drug-likeness (QED) is 0.621. The summed E-state index contributed by atoms with van der Waals surface area (Å²) in [5.74, 6) is -0.386. The molecule has 0 radical (unpaired) electrons. The number of nitrogens with zero attached hydrogens (tertiary/aromatic N) is 3. The molecule has 1 aromatic carbocycles. The first-order valence-electron chi connectivity index (χ1n) is 9.03. The zero-order valence-electron chi connectivity index (χ0n) is 15.5. The number of hydrogen-bond donors (Lipinski definition) is 3. The largest absolute Gasteiger partial charge is 0.404 e. The van der Waals surface area contributed by atoms with Gasteiger partial charge in [-0.15, -0.1) is 0 Å². The zero-order chi connectivity index (χ0) is 19.1. The van der Waals surface area contributed by atoms with Crippen molar-refractivity contribution in [1.82, 2.24) is 20.1 Å². The Morgan fingerprint density at radius 3 is 2.70 bits per heavy atom. The second-order valence-electron chi connectivity index (χ2n) is 7.07. The number of carbonyl (C=O) groups is 1. The fourth-order valence-electron chi connectivity index (χ4n) is 3.89. The summed E-state index contributed by atoms with van der Waals surface area (Å²) in [6.07, 6.45) is 7.15. The number of hydrogen-bond acceptors (Lipinski definition) is 5. The van der Waals surface area contributed by atoms with Crippen LogP contribution in [-0.2, 0) is 17.6 Å². The highest BCUT2D eigenvalue weighted by molar-refractivity contribution is 6.54. The van der Waals surface area contributed by atoms with Crippen molar-refractivity contribution < 1.29 is 4.79 Å². The standard InChI is InChI=1S/C20H22N6O/c1-26(2)20(27)18(22)13(9-21)19-12-6-4-3-5-11(12)17-14-10-23-25-15(14)7-8-16(17)24-19/h7-10,22H,3-6,21H2,1-2H3,(H,23,25)/b13-9+,22-18?. The lowest BCUT2D eigenvalue weighted by atomic mass is 9.85. The Morgan fingerprint density at radius 1 is 1.26 bits per heavy atom. The van der Waals surface area contributed by atoms with E-state index in [1.165, 1.54) is 16.7 Å². The van der Waals surface area contributed by atoms with Crippen molar-refractivity contribution in [1.29, 1.82) is 5.41 Å². The number of nitrogens with one attached hydrogen (secondary N) is 2. The van der Waals surface area contributed by atoms with E-state index in [-0.39, 0.29) is 11.6 Å². The molecule has 1 aliphatic rings. The van der Waals surface area contributed by atoms with Crippen LogP contribution in [0.15, 0.2) is 24.5 Å². The second-order valence-corrected chi connectivity index (χ2v) is 7.07. The highest BCUT2D eigenvalue weighted by atomic mass is 16.2. The highest BCUT2D eigenvalue weighted by Crippen LogP contribution is 2.36. The zero-order valence-corrected chi connectivity index (χ0v) is 15.5.